The number of hydrogen-bond acceptors (Lipinski definition) is 2. The molecule has 3 heteroatoms. The van der Waals surface area contributed by atoms with Crippen molar-refractivity contribution in [2.24, 2.45) is 5.92 Å². The summed E-state index contributed by atoms with van der Waals surface area (Å²) in [7, 11) is 0. The van der Waals surface area contributed by atoms with E-state index in [1.807, 2.05) is 55.1 Å². The third-order valence-corrected chi connectivity index (χ3v) is 2.91. The average molecular weight is 242 g/mol. The van der Waals surface area contributed by atoms with Crippen LogP contribution in [0.1, 0.15) is 29.9 Å². The van der Waals surface area contributed by atoms with Gasteiger partial charge in [0.1, 0.15) is 0 Å². The molecular weight excluding hydrogens is 224 g/mol. The van der Waals surface area contributed by atoms with E-state index in [1.54, 1.807) is 6.20 Å². The first-order valence-electron chi connectivity index (χ1n) is 6.26. The van der Waals surface area contributed by atoms with Crippen molar-refractivity contribution in [1.29, 1.82) is 0 Å². The monoisotopic (exact) mass is 242 g/mol. The SMILES string of the molecule is CC(C)C(=O)c1ccn(CCc2ccccn2)c1. The van der Waals surface area contributed by atoms with E-state index in [2.05, 4.69) is 4.98 Å². The Balaban J connectivity index is 1.97. The minimum absolute atomic E-state index is 0.0524. The van der Waals surface area contributed by atoms with E-state index in [-0.39, 0.29) is 11.7 Å². The van der Waals surface area contributed by atoms with Crippen LogP contribution in [0.3, 0.4) is 0 Å². The second kappa shape index (κ2) is 5.63. The third-order valence-electron chi connectivity index (χ3n) is 2.91. The summed E-state index contributed by atoms with van der Waals surface area (Å²) in [5, 5.41) is 0. The van der Waals surface area contributed by atoms with Crippen LogP contribution in [-0.4, -0.2) is 15.3 Å². The van der Waals surface area contributed by atoms with Crippen LogP contribution in [0.25, 0.3) is 0 Å². The van der Waals surface area contributed by atoms with Crippen LogP contribution in [-0.2, 0) is 13.0 Å². The van der Waals surface area contributed by atoms with Crippen molar-refractivity contribution in [3.8, 4) is 0 Å². The van der Waals surface area contributed by atoms with Crippen LogP contribution in [0, 0.1) is 5.92 Å². The lowest BCUT2D eigenvalue weighted by Crippen LogP contribution is -2.06. The molecule has 0 fully saturated rings. The predicted octanol–water partition coefficient (Wildman–Crippen LogP) is 2.96. The minimum Gasteiger partial charge on any atom is -0.353 e. The Morgan fingerprint density at radius 2 is 2.17 bits per heavy atom. The molecule has 0 aliphatic rings. The summed E-state index contributed by atoms with van der Waals surface area (Å²) in [5.41, 5.74) is 1.87. The second-order valence-corrected chi connectivity index (χ2v) is 4.73. The number of aromatic nitrogens is 2. The van der Waals surface area contributed by atoms with Crippen LogP contribution >= 0.6 is 0 Å². The number of carbonyl (C=O) groups is 1. The Labute approximate surface area is 107 Å². The zero-order valence-corrected chi connectivity index (χ0v) is 10.8. The molecule has 2 aromatic heterocycles. The number of Topliss-reactive ketones (excluding diaryl/α,β-unsaturated/α-hetero) is 1. The number of aryl methyl sites for hydroxylation is 2. The smallest absolute Gasteiger partial charge is 0.166 e. The van der Waals surface area contributed by atoms with E-state index in [4.69, 9.17) is 0 Å². The lowest BCUT2D eigenvalue weighted by atomic mass is 10.0. The summed E-state index contributed by atoms with van der Waals surface area (Å²) in [4.78, 5) is 16.1. The first-order chi connectivity index (χ1) is 8.66. The summed E-state index contributed by atoms with van der Waals surface area (Å²) < 4.78 is 2.05. The van der Waals surface area contributed by atoms with E-state index in [1.165, 1.54) is 0 Å². The molecule has 0 bridgehead atoms. The predicted molar refractivity (Wildman–Crippen MR) is 71.5 cm³/mol. The second-order valence-electron chi connectivity index (χ2n) is 4.73. The zero-order valence-electron chi connectivity index (χ0n) is 10.8. The van der Waals surface area contributed by atoms with Crippen molar-refractivity contribution >= 4 is 5.78 Å². The fourth-order valence-corrected chi connectivity index (χ4v) is 1.85. The molecule has 0 saturated carbocycles. The van der Waals surface area contributed by atoms with E-state index in [9.17, 15) is 4.79 Å². The molecule has 0 radical (unpaired) electrons. The summed E-state index contributed by atoms with van der Waals surface area (Å²) in [6.45, 7) is 4.70. The summed E-state index contributed by atoms with van der Waals surface area (Å²) >= 11 is 0. The van der Waals surface area contributed by atoms with E-state index >= 15 is 0 Å². The molecule has 0 amide bonds. The van der Waals surface area contributed by atoms with Crippen molar-refractivity contribution in [3.05, 3.63) is 54.1 Å². The summed E-state index contributed by atoms with van der Waals surface area (Å²) in [6.07, 6.45) is 6.56. The first kappa shape index (κ1) is 12.6. The molecule has 0 saturated heterocycles. The Kier molecular flexibility index (Phi) is 3.92. The van der Waals surface area contributed by atoms with Gasteiger partial charge in [-0.05, 0) is 18.2 Å². The number of hydrogen-bond donors (Lipinski definition) is 0. The van der Waals surface area contributed by atoms with Crippen molar-refractivity contribution in [3.63, 3.8) is 0 Å². The van der Waals surface area contributed by atoms with E-state index in [0.29, 0.717) is 0 Å². The average Bonchev–Trinajstić information content (AvgIpc) is 2.85. The minimum atomic E-state index is 0.0524. The topological polar surface area (TPSA) is 34.9 Å². The van der Waals surface area contributed by atoms with Crippen molar-refractivity contribution < 1.29 is 4.79 Å². The van der Waals surface area contributed by atoms with E-state index < -0.39 is 0 Å². The normalized spacial score (nSPS) is 10.8. The zero-order chi connectivity index (χ0) is 13.0. The number of ketones is 1. The highest BCUT2D eigenvalue weighted by Crippen LogP contribution is 2.09. The molecule has 0 aliphatic heterocycles. The lowest BCUT2D eigenvalue weighted by Gasteiger charge is -2.03. The molecule has 0 aromatic carbocycles. The van der Waals surface area contributed by atoms with Gasteiger partial charge >= 0.3 is 0 Å². The maximum absolute atomic E-state index is 11.8. The molecule has 2 heterocycles. The van der Waals surface area contributed by atoms with Gasteiger partial charge in [0.05, 0.1) is 0 Å². The summed E-state index contributed by atoms with van der Waals surface area (Å²) in [6, 6.07) is 7.81. The molecule has 18 heavy (non-hydrogen) atoms. The number of carbonyl (C=O) groups excluding carboxylic acids is 1. The van der Waals surface area contributed by atoms with Crippen molar-refractivity contribution in [2.45, 2.75) is 26.8 Å². The molecule has 94 valence electrons. The third kappa shape index (κ3) is 3.06. The molecule has 2 rings (SSSR count). The molecule has 0 atom stereocenters. The van der Waals surface area contributed by atoms with Gasteiger partial charge < -0.3 is 4.57 Å². The molecule has 2 aromatic rings. The quantitative estimate of drug-likeness (QED) is 0.755. The molecule has 0 unspecified atom stereocenters. The van der Waals surface area contributed by atoms with Crippen LogP contribution in [0.5, 0.6) is 0 Å². The fourth-order valence-electron chi connectivity index (χ4n) is 1.85. The van der Waals surface area contributed by atoms with Crippen LogP contribution in [0.4, 0.5) is 0 Å². The molecule has 0 aliphatic carbocycles. The van der Waals surface area contributed by atoms with Gasteiger partial charge in [0.25, 0.3) is 0 Å². The van der Waals surface area contributed by atoms with E-state index in [0.717, 1.165) is 24.2 Å². The van der Waals surface area contributed by atoms with Gasteiger partial charge in [-0.1, -0.05) is 19.9 Å². The van der Waals surface area contributed by atoms with Gasteiger partial charge in [0.2, 0.25) is 0 Å². The Hall–Kier alpha value is -1.90. The number of rotatable bonds is 5. The van der Waals surface area contributed by atoms with Crippen molar-refractivity contribution in [1.82, 2.24) is 9.55 Å². The lowest BCUT2D eigenvalue weighted by molar-refractivity contribution is 0.0939. The Bertz CT molecular complexity index is 514. The van der Waals surface area contributed by atoms with Gasteiger partial charge in [-0.25, -0.2) is 0 Å². The largest absolute Gasteiger partial charge is 0.353 e. The van der Waals surface area contributed by atoms with Gasteiger partial charge in [-0.15, -0.1) is 0 Å². The summed E-state index contributed by atoms with van der Waals surface area (Å²) in [5.74, 6) is 0.253. The standard InChI is InChI=1S/C15H18N2O/c1-12(2)15(18)13-6-9-17(11-13)10-7-14-5-3-4-8-16-14/h3-6,8-9,11-12H,7,10H2,1-2H3. The number of nitrogens with zero attached hydrogens (tertiary/aromatic N) is 2. The van der Waals surface area contributed by atoms with Crippen LogP contribution in [0.15, 0.2) is 42.9 Å². The molecule has 0 spiro atoms. The van der Waals surface area contributed by atoms with Crippen LogP contribution < -0.4 is 0 Å². The Morgan fingerprint density at radius 1 is 1.33 bits per heavy atom. The highest BCUT2D eigenvalue weighted by Gasteiger charge is 2.11. The maximum Gasteiger partial charge on any atom is 0.166 e. The molecule has 0 N–H and O–H groups in total. The fraction of sp³-hybridized carbons (Fsp3) is 0.333. The highest BCUT2D eigenvalue weighted by atomic mass is 16.1. The number of pyridine rings is 1. The van der Waals surface area contributed by atoms with Crippen molar-refractivity contribution in [2.75, 3.05) is 0 Å². The van der Waals surface area contributed by atoms with Gasteiger partial charge in [-0.2, -0.15) is 0 Å². The Morgan fingerprint density at radius 3 is 2.83 bits per heavy atom. The molecule has 3 nitrogen and oxygen atoms in total. The first-order valence-corrected chi connectivity index (χ1v) is 6.26. The van der Waals surface area contributed by atoms with Gasteiger partial charge in [-0.3, -0.25) is 9.78 Å². The van der Waals surface area contributed by atoms with Crippen LogP contribution in [0.2, 0.25) is 0 Å². The van der Waals surface area contributed by atoms with Gasteiger partial charge in [0, 0.05) is 48.7 Å². The maximum atomic E-state index is 11.8. The highest BCUT2D eigenvalue weighted by molar-refractivity contribution is 5.97. The molecular formula is C15H18N2O. The van der Waals surface area contributed by atoms with Gasteiger partial charge in [0.15, 0.2) is 5.78 Å².